The summed E-state index contributed by atoms with van der Waals surface area (Å²) in [5, 5.41) is 6.42. The normalized spacial score (nSPS) is 16.3. The first kappa shape index (κ1) is 20.2. The van der Waals surface area contributed by atoms with Crippen LogP contribution in [0, 0.1) is 5.92 Å². The standard InChI is InChI=1S/C19H26ClN3O3/c1-13(19(25)22-11-14-6-4-3-5-7-14)23-18-16(20)10-15(12-21-18)8-9-17(24)26-2/h8-10,12-14H,3-7,11H2,1-2H3,(H,21,23)(H,22,25)/b9-8+/t13-/m1/s1. The number of halogens is 1. The van der Waals surface area contributed by atoms with Crippen molar-refractivity contribution in [2.45, 2.75) is 45.1 Å². The van der Waals surface area contributed by atoms with Crippen LogP contribution in [-0.4, -0.2) is 36.6 Å². The quantitative estimate of drug-likeness (QED) is 0.560. The maximum atomic E-state index is 12.3. The second kappa shape index (κ2) is 10.2. The van der Waals surface area contributed by atoms with Crippen molar-refractivity contribution < 1.29 is 14.3 Å². The van der Waals surface area contributed by atoms with E-state index in [-0.39, 0.29) is 5.91 Å². The van der Waals surface area contributed by atoms with Gasteiger partial charge >= 0.3 is 5.97 Å². The largest absolute Gasteiger partial charge is 0.466 e. The minimum absolute atomic E-state index is 0.0666. The van der Waals surface area contributed by atoms with E-state index < -0.39 is 12.0 Å². The number of nitrogens with zero attached hydrogens (tertiary/aromatic N) is 1. The van der Waals surface area contributed by atoms with Gasteiger partial charge in [0.2, 0.25) is 5.91 Å². The molecule has 1 amide bonds. The maximum Gasteiger partial charge on any atom is 0.330 e. The summed E-state index contributed by atoms with van der Waals surface area (Å²) in [6.45, 7) is 2.50. The van der Waals surface area contributed by atoms with Gasteiger partial charge in [0.05, 0.1) is 12.1 Å². The Bertz CT molecular complexity index is 657. The van der Waals surface area contributed by atoms with Crippen LogP contribution < -0.4 is 10.6 Å². The molecule has 0 aliphatic heterocycles. The summed E-state index contributed by atoms with van der Waals surface area (Å²) in [6.07, 6.45) is 10.6. The molecule has 0 unspecified atom stereocenters. The molecule has 6 nitrogen and oxygen atoms in total. The highest BCUT2D eigenvalue weighted by Crippen LogP contribution is 2.23. The molecule has 1 aliphatic carbocycles. The molecule has 1 aromatic heterocycles. The third-order valence-electron chi connectivity index (χ3n) is 4.51. The zero-order valence-corrected chi connectivity index (χ0v) is 16.0. The molecule has 1 saturated carbocycles. The SMILES string of the molecule is COC(=O)/C=C/c1cnc(N[C@H](C)C(=O)NCC2CCCCC2)c(Cl)c1. The van der Waals surface area contributed by atoms with Gasteiger partial charge < -0.3 is 15.4 Å². The fourth-order valence-electron chi connectivity index (χ4n) is 2.94. The van der Waals surface area contributed by atoms with E-state index in [9.17, 15) is 9.59 Å². The maximum absolute atomic E-state index is 12.3. The molecule has 1 aromatic rings. The van der Waals surface area contributed by atoms with Crippen LogP contribution in [0.4, 0.5) is 5.82 Å². The number of hydrogen-bond donors (Lipinski definition) is 2. The van der Waals surface area contributed by atoms with Gasteiger partial charge in [-0.3, -0.25) is 4.79 Å². The van der Waals surface area contributed by atoms with E-state index in [1.165, 1.54) is 45.3 Å². The molecule has 7 heteroatoms. The van der Waals surface area contributed by atoms with Gasteiger partial charge in [-0.05, 0) is 43.4 Å². The van der Waals surface area contributed by atoms with Gasteiger partial charge in [0, 0.05) is 18.8 Å². The monoisotopic (exact) mass is 379 g/mol. The molecule has 0 radical (unpaired) electrons. The number of rotatable bonds is 7. The predicted molar refractivity (Wildman–Crippen MR) is 103 cm³/mol. The van der Waals surface area contributed by atoms with E-state index in [2.05, 4.69) is 20.4 Å². The van der Waals surface area contributed by atoms with Crippen molar-refractivity contribution >= 4 is 35.4 Å². The van der Waals surface area contributed by atoms with Crippen LogP contribution in [0.15, 0.2) is 18.3 Å². The van der Waals surface area contributed by atoms with Crippen molar-refractivity contribution in [3.05, 3.63) is 28.9 Å². The second-order valence-corrected chi connectivity index (χ2v) is 6.98. The Morgan fingerprint density at radius 2 is 2.12 bits per heavy atom. The number of amides is 1. The number of ether oxygens (including phenoxy) is 1. The van der Waals surface area contributed by atoms with E-state index in [0.29, 0.717) is 22.3 Å². The number of anilines is 1. The molecule has 0 aromatic carbocycles. The summed E-state index contributed by atoms with van der Waals surface area (Å²) >= 11 is 6.22. The number of nitrogens with one attached hydrogen (secondary N) is 2. The molecule has 1 atom stereocenters. The molecule has 2 N–H and O–H groups in total. The lowest BCUT2D eigenvalue weighted by Gasteiger charge is -2.23. The summed E-state index contributed by atoms with van der Waals surface area (Å²) in [5.74, 6) is 0.499. The van der Waals surface area contributed by atoms with Crippen molar-refractivity contribution in [2.24, 2.45) is 5.92 Å². The van der Waals surface area contributed by atoms with Gasteiger partial charge in [-0.1, -0.05) is 30.9 Å². The van der Waals surface area contributed by atoms with Gasteiger partial charge in [0.1, 0.15) is 11.9 Å². The Morgan fingerprint density at radius 3 is 2.77 bits per heavy atom. The first-order chi connectivity index (χ1) is 12.5. The van der Waals surface area contributed by atoms with Crippen LogP contribution >= 0.6 is 11.6 Å². The van der Waals surface area contributed by atoms with Gasteiger partial charge in [0.15, 0.2) is 0 Å². The minimum atomic E-state index is -0.452. The number of methoxy groups -OCH3 is 1. The van der Waals surface area contributed by atoms with E-state index in [1.807, 2.05) is 0 Å². The molecule has 1 aliphatic rings. The van der Waals surface area contributed by atoms with Crippen molar-refractivity contribution in [1.29, 1.82) is 0 Å². The number of carbonyl (C=O) groups excluding carboxylic acids is 2. The van der Waals surface area contributed by atoms with E-state index >= 15 is 0 Å². The number of aromatic nitrogens is 1. The minimum Gasteiger partial charge on any atom is -0.466 e. The Morgan fingerprint density at radius 1 is 1.38 bits per heavy atom. The van der Waals surface area contributed by atoms with E-state index in [0.717, 1.165) is 6.54 Å². The van der Waals surface area contributed by atoms with Crippen LogP contribution in [0.25, 0.3) is 6.08 Å². The van der Waals surface area contributed by atoms with Gasteiger partial charge in [-0.2, -0.15) is 0 Å². The molecule has 2 rings (SSSR count). The molecule has 0 spiro atoms. The lowest BCUT2D eigenvalue weighted by Crippen LogP contribution is -2.40. The van der Waals surface area contributed by atoms with Crippen LogP contribution in [0.3, 0.4) is 0 Å². The Labute approximate surface area is 159 Å². The zero-order chi connectivity index (χ0) is 18.9. The fraction of sp³-hybridized carbons (Fsp3) is 0.526. The van der Waals surface area contributed by atoms with Crippen LogP contribution in [0.2, 0.25) is 5.02 Å². The summed E-state index contributed by atoms with van der Waals surface area (Å²) in [4.78, 5) is 27.6. The highest BCUT2D eigenvalue weighted by molar-refractivity contribution is 6.33. The molecule has 0 bridgehead atoms. The highest BCUT2D eigenvalue weighted by atomic mass is 35.5. The second-order valence-electron chi connectivity index (χ2n) is 6.57. The fourth-order valence-corrected chi connectivity index (χ4v) is 3.17. The molecule has 1 fully saturated rings. The molecule has 1 heterocycles. The number of hydrogen-bond acceptors (Lipinski definition) is 5. The summed E-state index contributed by atoms with van der Waals surface area (Å²) in [6, 6.07) is 1.23. The predicted octanol–water partition coefficient (Wildman–Crippen LogP) is 3.42. The topological polar surface area (TPSA) is 80.3 Å². The average Bonchev–Trinajstić information content (AvgIpc) is 2.66. The van der Waals surface area contributed by atoms with Crippen LogP contribution in [-0.2, 0) is 14.3 Å². The van der Waals surface area contributed by atoms with E-state index in [1.54, 1.807) is 25.3 Å². The smallest absolute Gasteiger partial charge is 0.330 e. The molecule has 0 saturated heterocycles. The zero-order valence-electron chi connectivity index (χ0n) is 15.3. The molecular formula is C19H26ClN3O3. The highest BCUT2D eigenvalue weighted by Gasteiger charge is 2.18. The van der Waals surface area contributed by atoms with Gasteiger partial charge in [-0.25, -0.2) is 9.78 Å². The summed E-state index contributed by atoms with van der Waals surface area (Å²) in [7, 11) is 1.31. The number of carbonyl (C=O) groups is 2. The molecule has 142 valence electrons. The van der Waals surface area contributed by atoms with Crippen molar-refractivity contribution in [1.82, 2.24) is 10.3 Å². The average molecular weight is 380 g/mol. The molecular weight excluding hydrogens is 354 g/mol. The first-order valence-electron chi connectivity index (χ1n) is 8.95. The third kappa shape index (κ3) is 6.33. The van der Waals surface area contributed by atoms with Crippen LogP contribution in [0.5, 0.6) is 0 Å². The Kier molecular flexibility index (Phi) is 7.91. The van der Waals surface area contributed by atoms with Gasteiger partial charge in [-0.15, -0.1) is 0 Å². The number of pyridine rings is 1. The van der Waals surface area contributed by atoms with Crippen molar-refractivity contribution in [3.8, 4) is 0 Å². The van der Waals surface area contributed by atoms with E-state index in [4.69, 9.17) is 11.6 Å². The molecule has 26 heavy (non-hydrogen) atoms. The van der Waals surface area contributed by atoms with Gasteiger partial charge in [0.25, 0.3) is 0 Å². The summed E-state index contributed by atoms with van der Waals surface area (Å²) < 4.78 is 4.54. The van der Waals surface area contributed by atoms with Crippen molar-refractivity contribution in [3.63, 3.8) is 0 Å². The Hall–Kier alpha value is -2.08. The first-order valence-corrected chi connectivity index (χ1v) is 9.33. The third-order valence-corrected chi connectivity index (χ3v) is 4.80. The van der Waals surface area contributed by atoms with Crippen molar-refractivity contribution in [2.75, 3.05) is 19.0 Å². The van der Waals surface area contributed by atoms with Crippen LogP contribution in [0.1, 0.15) is 44.6 Å². The lowest BCUT2D eigenvalue weighted by molar-refractivity contribution is -0.134. The Balaban J connectivity index is 1.87. The number of esters is 1. The summed E-state index contributed by atoms with van der Waals surface area (Å²) in [5.41, 5.74) is 0.667. The lowest BCUT2D eigenvalue weighted by atomic mass is 9.89.